The van der Waals surface area contributed by atoms with Crippen LogP contribution in [-0.2, 0) is 0 Å². The third kappa shape index (κ3) is 3.81. The fourth-order valence-electron chi connectivity index (χ4n) is 3.01. The Kier molecular flexibility index (Phi) is 5.31. The summed E-state index contributed by atoms with van der Waals surface area (Å²) >= 11 is 0. The topological polar surface area (TPSA) is 62.4 Å². The molecular formula is C19H22FN3O2. The quantitative estimate of drug-likeness (QED) is 0.781. The number of halogens is 1. The molecule has 25 heavy (non-hydrogen) atoms. The van der Waals surface area contributed by atoms with E-state index >= 15 is 0 Å². The van der Waals surface area contributed by atoms with Crippen LogP contribution in [0.4, 0.5) is 4.39 Å². The minimum atomic E-state index is -0.395. The second-order valence-electron chi connectivity index (χ2n) is 6.14. The van der Waals surface area contributed by atoms with Crippen molar-refractivity contribution in [3.8, 4) is 5.75 Å². The Balaban J connectivity index is 1.83. The molecule has 1 aliphatic heterocycles. The monoisotopic (exact) mass is 343 g/mol. The van der Waals surface area contributed by atoms with Gasteiger partial charge in [-0.3, -0.25) is 15.6 Å². The summed E-state index contributed by atoms with van der Waals surface area (Å²) in [5, 5.41) is 2.89. The van der Waals surface area contributed by atoms with Crippen LogP contribution in [0.3, 0.4) is 0 Å². The van der Waals surface area contributed by atoms with Crippen molar-refractivity contribution in [2.45, 2.75) is 18.9 Å². The fraction of sp³-hybridized carbons (Fsp3) is 0.316. The minimum absolute atomic E-state index is 0.00857. The Hall–Kier alpha value is -2.44. The lowest BCUT2D eigenvalue weighted by Gasteiger charge is -2.18. The van der Waals surface area contributed by atoms with Crippen LogP contribution in [0.15, 0.2) is 42.5 Å². The van der Waals surface area contributed by atoms with Crippen LogP contribution in [-0.4, -0.2) is 26.1 Å². The number of hydrogen-bond acceptors (Lipinski definition) is 4. The molecule has 1 amide bonds. The Labute approximate surface area is 146 Å². The van der Waals surface area contributed by atoms with Gasteiger partial charge in [0.25, 0.3) is 5.91 Å². The first-order valence-electron chi connectivity index (χ1n) is 8.29. The van der Waals surface area contributed by atoms with Gasteiger partial charge >= 0.3 is 0 Å². The molecule has 0 unspecified atom stereocenters. The van der Waals surface area contributed by atoms with Gasteiger partial charge in [-0.05, 0) is 30.2 Å². The number of carbonyl (C=O) groups is 1. The summed E-state index contributed by atoms with van der Waals surface area (Å²) in [5.74, 6) is -0.370. The summed E-state index contributed by atoms with van der Waals surface area (Å²) in [6.07, 6.45) is 0. The molecule has 1 saturated heterocycles. The average Bonchev–Trinajstić information content (AvgIpc) is 3.16. The van der Waals surface area contributed by atoms with Crippen LogP contribution in [0, 0.1) is 5.82 Å². The molecule has 3 rings (SSSR count). The number of ether oxygens (including phenoxy) is 1. The van der Waals surface area contributed by atoms with E-state index in [1.807, 2.05) is 37.3 Å². The summed E-state index contributed by atoms with van der Waals surface area (Å²) in [4.78, 5) is 12.6. The molecule has 0 saturated carbocycles. The van der Waals surface area contributed by atoms with E-state index in [9.17, 15) is 9.18 Å². The molecule has 1 atom stereocenters. The normalized spacial score (nSPS) is 15.8. The zero-order valence-electron chi connectivity index (χ0n) is 14.3. The Bertz CT molecular complexity index is 746. The van der Waals surface area contributed by atoms with E-state index in [1.165, 1.54) is 13.2 Å². The predicted molar refractivity (Wildman–Crippen MR) is 94.0 cm³/mol. The highest BCUT2D eigenvalue weighted by molar-refractivity contribution is 5.97. The highest BCUT2D eigenvalue weighted by Gasteiger charge is 2.24. The molecule has 3 N–H and O–H groups in total. The van der Waals surface area contributed by atoms with E-state index in [4.69, 9.17) is 4.74 Å². The average molecular weight is 343 g/mol. The van der Waals surface area contributed by atoms with Crippen molar-refractivity contribution in [1.82, 2.24) is 16.2 Å². The Morgan fingerprint density at radius 2 is 1.92 bits per heavy atom. The lowest BCUT2D eigenvalue weighted by Crippen LogP contribution is -2.27. The molecule has 1 fully saturated rings. The number of rotatable bonds is 5. The minimum Gasteiger partial charge on any atom is -0.496 e. The van der Waals surface area contributed by atoms with Crippen molar-refractivity contribution in [2.75, 3.05) is 20.2 Å². The number of hydrazine groups is 1. The molecule has 1 heterocycles. The molecule has 0 spiro atoms. The van der Waals surface area contributed by atoms with Crippen molar-refractivity contribution < 1.29 is 13.9 Å². The van der Waals surface area contributed by atoms with Crippen molar-refractivity contribution in [3.05, 3.63) is 65.0 Å². The molecule has 6 heteroatoms. The van der Waals surface area contributed by atoms with Crippen molar-refractivity contribution in [1.29, 1.82) is 0 Å². The molecule has 0 aliphatic carbocycles. The van der Waals surface area contributed by atoms with Gasteiger partial charge in [-0.25, -0.2) is 4.39 Å². The van der Waals surface area contributed by atoms with Crippen LogP contribution in [0.2, 0.25) is 0 Å². The molecule has 5 nitrogen and oxygen atoms in total. The number of methoxy groups -OCH3 is 1. The third-order valence-electron chi connectivity index (χ3n) is 4.47. The van der Waals surface area contributed by atoms with E-state index in [2.05, 4.69) is 16.2 Å². The molecule has 0 bridgehead atoms. The van der Waals surface area contributed by atoms with Gasteiger partial charge in [-0.2, -0.15) is 0 Å². The SMILES string of the molecule is COc1cc(C2CNNC2)c(F)cc1C(=O)N[C@H](C)c1ccccc1. The molecular weight excluding hydrogens is 321 g/mol. The van der Waals surface area contributed by atoms with Crippen LogP contribution in [0.1, 0.15) is 40.4 Å². The van der Waals surface area contributed by atoms with Crippen LogP contribution >= 0.6 is 0 Å². The Morgan fingerprint density at radius 3 is 2.56 bits per heavy atom. The van der Waals surface area contributed by atoms with E-state index in [0.29, 0.717) is 24.4 Å². The number of benzene rings is 2. The first-order chi connectivity index (χ1) is 12.1. The van der Waals surface area contributed by atoms with Crippen LogP contribution < -0.4 is 20.9 Å². The number of amides is 1. The molecule has 132 valence electrons. The summed E-state index contributed by atoms with van der Waals surface area (Å²) in [6.45, 7) is 3.16. The maximum absolute atomic E-state index is 14.5. The molecule has 2 aromatic carbocycles. The van der Waals surface area contributed by atoms with Gasteiger partial charge in [0.2, 0.25) is 0 Å². The first-order valence-corrected chi connectivity index (χ1v) is 8.29. The second kappa shape index (κ2) is 7.63. The number of nitrogens with one attached hydrogen (secondary N) is 3. The van der Waals surface area contributed by atoms with Crippen LogP contribution in [0.25, 0.3) is 0 Å². The summed E-state index contributed by atoms with van der Waals surface area (Å²) < 4.78 is 19.9. The van der Waals surface area contributed by atoms with Crippen molar-refractivity contribution in [3.63, 3.8) is 0 Å². The van der Waals surface area contributed by atoms with Crippen molar-refractivity contribution in [2.24, 2.45) is 0 Å². The maximum atomic E-state index is 14.5. The highest BCUT2D eigenvalue weighted by Crippen LogP contribution is 2.29. The zero-order chi connectivity index (χ0) is 17.8. The van der Waals surface area contributed by atoms with Gasteiger partial charge in [-0.15, -0.1) is 0 Å². The highest BCUT2D eigenvalue weighted by atomic mass is 19.1. The number of hydrogen-bond donors (Lipinski definition) is 3. The Morgan fingerprint density at radius 1 is 1.24 bits per heavy atom. The zero-order valence-corrected chi connectivity index (χ0v) is 14.3. The van der Waals surface area contributed by atoms with E-state index in [1.54, 1.807) is 6.07 Å². The second-order valence-corrected chi connectivity index (χ2v) is 6.14. The summed E-state index contributed by atoms with van der Waals surface area (Å²) in [7, 11) is 1.49. The summed E-state index contributed by atoms with van der Waals surface area (Å²) in [6, 6.07) is 12.3. The van der Waals surface area contributed by atoms with Gasteiger partial charge in [0, 0.05) is 19.0 Å². The number of carbonyl (C=O) groups excluding carboxylic acids is 1. The predicted octanol–water partition coefficient (Wildman–Crippen LogP) is 2.52. The first kappa shape index (κ1) is 17.4. The smallest absolute Gasteiger partial charge is 0.255 e. The van der Waals surface area contributed by atoms with Gasteiger partial charge in [-0.1, -0.05) is 30.3 Å². The largest absolute Gasteiger partial charge is 0.496 e. The van der Waals surface area contributed by atoms with Gasteiger partial charge in [0.05, 0.1) is 18.7 Å². The van der Waals surface area contributed by atoms with Gasteiger partial charge in [0.1, 0.15) is 11.6 Å². The molecule has 0 radical (unpaired) electrons. The summed E-state index contributed by atoms with van der Waals surface area (Å²) in [5.41, 5.74) is 7.69. The van der Waals surface area contributed by atoms with Crippen LogP contribution in [0.5, 0.6) is 5.75 Å². The van der Waals surface area contributed by atoms with E-state index in [-0.39, 0.29) is 23.4 Å². The van der Waals surface area contributed by atoms with Gasteiger partial charge in [0.15, 0.2) is 0 Å². The lowest BCUT2D eigenvalue weighted by molar-refractivity contribution is 0.0936. The molecule has 0 aromatic heterocycles. The standard InChI is InChI=1S/C19H22FN3O2/c1-12(13-6-4-3-5-7-13)23-19(24)16-8-17(20)15(9-18(16)25-2)14-10-21-22-11-14/h3-9,12,14,21-22H,10-11H2,1-2H3,(H,23,24)/t12-/m1/s1. The van der Waals surface area contributed by atoms with Crippen molar-refractivity contribution >= 4 is 5.91 Å². The molecule has 1 aliphatic rings. The van der Waals surface area contributed by atoms with E-state index in [0.717, 1.165) is 5.56 Å². The molecule has 2 aromatic rings. The maximum Gasteiger partial charge on any atom is 0.255 e. The third-order valence-corrected chi connectivity index (χ3v) is 4.47. The lowest BCUT2D eigenvalue weighted by atomic mass is 9.97. The van der Waals surface area contributed by atoms with Gasteiger partial charge < -0.3 is 10.1 Å². The fourth-order valence-corrected chi connectivity index (χ4v) is 3.01. The van der Waals surface area contributed by atoms with E-state index < -0.39 is 5.82 Å².